The highest BCUT2D eigenvalue weighted by Crippen LogP contribution is 2.30. The number of nitrogens with two attached hydrogens (primary N) is 1. The number of carboxylic acid groups (broad SMARTS) is 1. The number of aliphatic carboxylic acids is 1. The van der Waals surface area contributed by atoms with Gasteiger partial charge in [-0.05, 0) is 35.9 Å². The molecule has 0 amide bonds. The van der Waals surface area contributed by atoms with Gasteiger partial charge in [-0.2, -0.15) is 0 Å². The number of benzene rings is 1. The first-order valence-corrected chi connectivity index (χ1v) is 7.84. The minimum atomic E-state index is -0.943. The molecule has 0 aliphatic rings. The van der Waals surface area contributed by atoms with Crippen LogP contribution < -0.4 is 11.1 Å². The minimum absolute atomic E-state index is 0.184. The van der Waals surface area contributed by atoms with Gasteiger partial charge in [0, 0.05) is 34.1 Å². The van der Waals surface area contributed by atoms with Crippen molar-refractivity contribution < 1.29 is 9.90 Å². The van der Waals surface area contributed by atoms with Gasteiger partial charge in [0.05, 0.1) is 0 Å². The van der Waals surface area contributed by atoms with Crippen molar-refractivity contribution in [3.63, 3.8) is 0 Å². The third kappa shape index (κ3) is 4.05. The van der Waals surface area contributed by atoms with Crippen LogP contribution in [0, 0.1) is 0 Å². The van der Waals surface area contributed by atoms with Gasteiger partial charge in [0.15, 0.2) is 0 Å². The summed E-state index contributed by atoms with van der Waals surface area (Å²) in [5.74, 6) is -0.0209. The Kier molecular flexibility index (Phi) is 4.81. The highest BCUT2D eigenvalue weighted by Gasteiger charge is 2.08. The molecule has 2 heterocycles. The highest BCUT2D eigenvalue weighted by atomic mass is 35.5. The monoisotopic (exact) mass is 354 g/mol. The van der Waals surface area contributed by atoms with Crippen LogP contribution in [0.1, 0.15) is 0 Å². The predicted octanol–water partition coefficient (Wildman–Crippen LogP) is 3.54. The lowest BCUT2D eigenvalue weighted by molar-refractivity contribution is -0.134. The summed E-state index contributed by atoms with van der Waals surface area (Å²) in [6.45, 7) is -0.184. The number of nitrogens with zero attached hydrogens (tertiary/aromatic N) is 2. The summed E-state index contributed by atoms with van der Waals surface area (Å²) in [7, 11) is 0. The number of pyridine rings is 2. The van der Waals surface area contributed by atoms with E-state index in [1.807, 2.05) is 24.3 Å². The Morgan fingerprint density at radius 3 is 2.36 bits per heavy atom. The van der Waals surface area contributed by atoms with Gasteiger partial charge >= 0.3 is 5.97 Å². The average molecular weight is 355 g/mol. The van der Waals surface area contributed by atoms with Crippen molar-refractivity contribution in [2.45, 2.75) is 0 Å². The molecule has 0 aliphatic carbocycles. The van der Waals surface area contributed by atoms with Gasteiger partial charge in [0.25, 0.3) is 0 Å². The molecule has 25 heavy (non-hydrogen) atoms. The standard InChI is InChI=1S/C18H15ClN4O2/c19-14-4-1-11(2-5-14)15-7-13(9-23-18(15)20)12-3-6-16(21-8-12)22-10-17(24)25/h1-9H,10H2,(H2,20,23)(H,21,22)(H,24,25). The van der Waals surface area contributed by atoms with Crippen molar-refractivity contribution in [3.8, 4) is 22.3 Å². The van der Waals surface area contributed by atoms with E-state index < -0.39 is 5.97 Å². The van der Waals surface area contributed by atoms with Crippen molar-refractivity contribution in [2.24, 2.45) is 0 Å². The van der Waals surface area contributed by atoms with Crippen LogP contribution in [0.3, 0.4) is 0 Å². The van der Waals surface area contributed by atoms with Gasteiger partial charge in [-0.1, -0.05) is 23.7 Å². The maximum Gasteiger partial charge on any atom is 0.322 e. The third-order valence-electron chi connectivity index (χ3n) is 3.59. The van der Waals surface area contributed by atoms with Crippen molar-refractivity contribution in [1.82, 2.24) is 9.97 Å². The number of nitrogen functional groups attached to an aromatic ring is 1. The van der Waals surface area contributed by atoms with Crippen LogP contribution >= 0.6 is 11.6 Å². The second-order valence-corrected chi connectivity index (χ2v) is 5.78. The predicted molar refractivity (Wildman–Crippen MR) is 98.5 cm³/mol. The number of aromatic nitrogens is 2. The maximum absolute atomic E-state index is 10.6. The van der Waals surface area contributed by atoms with Crippen molar-refractivity contribution in [1.29, 1.82) is 0 Å². The number of hydrogen-bond donors (Lipinski definition) is 3. The van der Waals surface area contributed by atoms with Crippen LogP contribution in [0.2, 0.25) is 5.02 Å². The highest BCUT2D eigenvalue weighted by molar-refractivity contribution is 6.30. The van der Waals surface area contributed by atoms with E-state index in [2.05, 4.69) is 15.3 Å². The average Bonchev–Trinajstić information content (AvgIpc) is 2.62. The van der Waals surface area contributed by atoms with Gasteiger partial charge in [0.1, 0.15) is 18.2 Å². The fraction of sp³-hybridized carbons (Fsp3) is 0.0556. The van der Waals surface area contributed by atoms with E-state index in [0.717, 1.165) is 22.3 Å². The Morgan fingerprint density at radius 2 is 1.72 bits per heavy atom. The van der Waals surface area contributed by atoms with E-state index in [1.165, 1.54) is 0 Å². The molecule has 0 saturated carbocycles. The van der Waals surface area contributed by atoms with Gasteiger partial charge in [-0.3, -0.25) is 4.79 Å². The molecule has 0 aliphatic heterocycles. The van der Waals surface area contributed by atoms with Gasteiger partial charge in [0.2, 0.25) is 0 Å². The Hall–Kier alpha value is -3.12. The lowest BCUT2D eigenvalue weighted by atomic mass is 10.0. The Morgan fingerprint density at radius 1 is 1.04 bits per heavy atom. The first kappa shape index (κ1) is 16.7. The fourth-order valence-electron chi connectivity index (χ4n) is 2.33. The van der Waals surface area contributed by atoms with Gasteiger partial charge < -0.3 is 16.2 Å². The summed E-state index contributed by atoms with van der Waals surface area (Å²) < 4.78 is 0. The molecule has 0 spiro atoms. The Bertz CT molecular complexity index is 896. The summed E-state index contributed by atoms with van der Waals surface area (Å²) in [6, 6.07) is 12.9. The van der Waals surface area contributed by atoms with Gasteiger partial charge in [-0.15, -0.1) is 0 Å². The van der Waals surface area contributed by atoms with Crippen LogP contribution in [-0.2, 0) is 4.79 Å². The number of anilines is 2. The summed E-state index contributed by atoms with van der Waals surface area (Å²) in [5, 5.41) is 12.0. The first-order valence-electron chi connectivity index (χ1n) is 7.46. The normalized spacial score (nSPS) is 10.4. The molecule has 3 rings (SSSR count). The number of halogens is 1. The van der Waals surface area contributed by atoms with Crippen LogP contribution in [0.25, 0.3) is 22.3 Å². The van der Waals surface area contributed by atoms with Crippen molar-refractivity contribution >= 4 is 29.2 Å². The Labute approximate surface area is 149 Å². The lowest BCUT2D eigenvalue weighted by Gasteiger charge is -2.09. The largest absolute Gasteiger partial charge is 0.480 e. The zero-order valence-electron chi connectivity index (χ0n) is 13.1. The molecule has 7 heteroatoms. The summed E-state index contributed by atoms with van der Waals surface area (Å²) in [5.41, 5.74) is 9.44. The molecule has 1 aromatic carbocycles. The second kappa shape index (κ2) is 7.19. The molecule has 0 fully saturated rings. The van der Waals surface area contributed by atoms with E-state index in [9.17, 15) is 4.79 Å². The molecular formula is C18H15ClN4O2. The molecule has 0 atom stereocenters. The summed E-state index contributed by atoms with van der Waals surface area (Å²) >= 11 is 5.93. The number of hydrogen-bond acceptors (Lipinski definition) is 5. The number of carboxylic acids is 1. The van der Waals surface area contributed by atoms with Crippen LogP contribution in [0.15, 0.2) is 54.9 Å². The summed E-state index contributed by atoms with van der Waals surface area (Å²) in [4.78, 5) is 19.0. The van der Waals surface area contributed by atoms with E-state index in [0.29, 0.717) is 16.7 Å². The fourth-order valence-corrected chi connectivity index (χ4v) is 2.46. The first-order chi connectivity index (χ1) is 12.0. The summed E-state index contributed by atoms with van der Waals surface area (Å²) in [6.07, 6.45) is 3.33. The quantitative estimate of drug-likeness (QED) is 0.647. The minimum Gasteiger partial charge on any atom is -0.480 e. The molecule has 0 unspecified atom stereocenters. The molecule has 6 nitrogen and oxygen atoms in total. The van der Waals surface area contributed by atoms with Gasteiger partial charge in [-0.25, -0.2) is 9.97 Å². The van der Waals surface area contributed by atoms with Crippen molar-refractivity contribution in [2.75, 3.05) is 17.6 Å². The third-order valence-corrected chi connectivity index (χ3v) is 3.84. The topological polar surface area (TPSA) is 101 Å². The lowest BCUT2D eigenvalue weighted by Crippen LogP contribution is -2.12. The molecule has 126 valence electrons. The number of nitrogens with one attached hydrogen (secondary N) is 1. The molecule has 3 aromatic rings. The molecule has 4 N–H and O–H groups in total. The number of carbonyl (C=O) groups is 1. The maximum atomic E-state index is 10.6. The zero-order valence-corrected chi connectivity index (χ0v) is 13.9. The van der Waals surface area contributed by atoms with Crippen LogP contribution in [-0.4, -0.2) is 27.6 Å². The van der Waals surface area contributed by atoms with Crippen LogP contribution in [0.4, 0.5) is 11.6 Å². The van der Waals surface area contributed by atoms with E-state index in [1.54, 1.807) is 30.6 Å². The van der Waals surface area contributed by atoms with E-state index in [-0.39, 0.29) is 6.54 Å². The molecule has 0 saturated heterocycles. The van der Waals surface area contributed by atoms with E-state index in [4.69, 9.17) is 22.4 Å². The number of rotatable bonds is 5. The second-order valence-electron chi connectivity index (χ2n) is 5.34. The zero-order chi connectivity index (χ0) is 17.8. The van der Waals surface area contributed by atoms with E-state index >= 15 is 0 Å². The van der Waals surface area contributed by atoms with Crippen molar-refractivity contribution in [3.05, 3.63) is 59.9 Å². The molecule has 0 radical (unpaired) electrons. The van der Waals surface area contributed by atoms with Crippen LogP contribution in [0.5, 0.6) is 0 Å². The molecular weight excluding hydrogens is 340 g/mol. The Balaban J connectivity index is 1.89. The smallest absolute Gasteiger partial charge is 0.322 e. The SMILES string of the molecule is Nc1ncc(-c2ccc(NCC(=O)O)nc2)cc1-c1ccc(Cl)cc1. The molecule has 0 bridgehead atoms. The molecule has 2 aromatic heterocycles.